The summed E-state index contributed by atoms with van der Waals surface area (Å²) in [7, 11) is 2.14. The zero-order valence-corrected chi connectivity index (χ0v) is 24.2. The molecule has 2 aromatic heterocycles. The van der Waals surface area contributed by atoms with Gasteiger partial charge in [-0.2, -0.15) is 5.10 Å². The largest absolute Gasteiger partial charge is 0.369 e. The van der Waals surface area contributed by atoms with Crippen LogP contribution in [0.25, 0.3) is 11.3 Å². The topological polar surface area (TPSA) is 107 Å². The predicted molar refractivity (Wildman–Crippen MR) is 160 cm³/mol. The van der Waals surface area contributed by atoms with Crippen molar-refractivity contribution in [3.63, 3.8) is 0 Å². The molecule has 214 valence electrons. The molecule has 3 heterocycles. The number of aryl methyl sites for hydroxylation is 1. The Hall–Kier alpha value is -4.24. The third-order valence-corrected chi connectivity index (χ3v) is 7.45. The van der Waals surface area contributed by atoms with Gasteiger partial charge in [0.15, 0.2) is 5.82 Å². The molecule has 9 nitrogen and oxygen atoms in total. The molecule has 9 heteroatoms. The van der Waals surface area contributed by atoms with Crippen LogP contribution < -0.4 is 10.2 Å². The van der Waals surface area contributed by atoms with E-state index in [9.17, 15) is 9.59 Å². The molecule has 5 rings (SSSR count). The normalized spacial score (nSPS) is 14.3. The van der Waals surface area contributed by atoms with Crippen LogP contribution >= 0.6 is 0 Å². The van der Waals surface area contributed by atoms with Crippen molar-refractivity contribution in [1.29, 1.82) is 0 Å². The first-order valence-electron chi connectivity index (χ1n) is 14.1. The van der Waals surface area contributed by atoms with Gasteiger partial charge in [-0.15, -0.1) is 0 Å². The highest BCUT2D eigenvalue weighted by Gasteiger charge is 2.20. The molecular weight excluding hydrogens is 516 g/mol. The molecule has 2 aromatic carbocycles. The lowest BCUT2D eigenvalue weighted by Crippen LogP contribution is -2.44. The standard InChI is InChI=1S/C32H38N6O3/c1-32(2,3)29-20-25(36-41-29)19-27(39)14-7-22-5-8-23(9-6-22)28-21-30(35-34-28)33-31(40)24-10-12-26(13-11-24)38-17-15-37(4)16-18-38/h5-6,8-13,20-21H,7,14-19H2,1-4H3,(H2,33,34,35,40). The quantitative estimate of drug-likeness (QED) is 0.296. The van der Waals surface area contributed by atoms with E-state index in [0.29, 0.717) is 29.9 Å². The number of carbonyl (C=O) groups excluding carboxylic acids is 2. The fourth-order valence-electron chi connectivity index (χ4n) is 4.78. The lowest BCUT2D eigenvalue weighted by atomic mass is 9.93. The minimum absolute atomic E-state index is 0.130. The van der Waals surface area contributed by atoms with E-state index in [-0.39, 0.29) is 23.5 Å². The molecule has 0 atom stereocenters. The summed E-state index contributed by atoms with van der Waals surface area (Å²) in [5.74, 6) is 1.18. The molecule has 1 aliphatic heterocycles. The Morgan fingerprint density at radius 3 is 2.34 bits per heavy atom. The van der Waals surface area contributed by atoms with Crippen molar-refractivity contribution in [3.8, 4) is 11.3 Å². The van der Waals surface area contributed by atoms with Crippen molar-refractivity contribution in [2.75, 3.05) is 43.4 Å². The van der Waals surface area contributed by atoms with Gasteiger partial charge in [0.25, 0.3) is 5.91 Å². The van der Waals surface area contributed by atoms with Crippen molar-refractivity contribution < 1.29 is 14.1 Å². The molecule has 1 aliphatic rings. The minimum atomic E-state index is -0.201. The van der Waals surface area contributed by atoms with Crippen LogP contribution in [-0.4, -0.2) is 65.2 Å². The van der Waals surface area contributed by atoms with Crippen LogP contribution in [0.1, 0.15) is 54.6 Å². The molecular formula is C32H38N6O3. The average Bonchev–Trinajstić information content (AvgIpc) is 3.63. The van der Waals surface area contributed by atoms with E-state index in [1.807, 2.05) is 60.7 Å². The first-order chi connectivity index (χ1) is 19.6. The second-order valence-corrected chi connectivity index (χ2v) is 11.8. The molecule has 0 radical (unpaired) electrons. The van der Waals surface area contributed by atoms with Gasteiger partial charge >= 0.3 is 0 Å². The van der Waals surface area contributed by atoms with Crippen LogP contribution in [0, 0.1) is 0 Å². The van der Waals surface area contributed by atoms with Crippen LogP contribution in [-0.2, 0) is 23.1 Å². The van der Waals surface area contributed by atoms with Crippen molar-refractivity contribution >= 4 is 23.2 Å². The summed E-state index contributed by atoms with van der Waals surface area (Å²) >= 11 is 0. The average molecular weight is 555 g/mol. The Morgan fingerprint density at radius 1 is 0.976 bits per heavy atom. The molecule has 4 aromatic rings. The molecule has 1 amide bonds. The van der Waals surface area contributed by atoms with Crippen LogP contribution in [0.4, 0.5) is 11.5 Å². The number of carbonyl (C=O) groups is 2. The monoisotopic (exact) mass is 554 g/mol. The Balaban J connectivity index is 1.11. The van der Waals surface area contributed by atoms with Crippen LogP contribution in [0.15, 0.2) is 65.2 Å². The third-order valence-electron chi connectivity index (χ3n) is 7.45. The van der Waals surface area contributed by atoms with Gasteiger partial charge in [0.1, 0.15) is 11.5 Å². The number of piperazine rings is 1. The van der Waals surface area contributed by atoms with Gasteiger partial charge in [-0.1, -0.05) is 50.2 Å². The van der Waals surface area contributed by atoms with Crippen LogP contribution in [0.2, 0.25) is 0 Å². The number of nitrogens with one attached hydrogen (secondary N) is 2. The summed E-state index contributed by atoms with van der Waals surface area (Å²) in [6.07, 6.45) is 1.37. The Kier molecular flexibility index (Phi) is 8.35. The molecule has 0 bridgehead atoms. The van der Waals surface area contributed by atoms with E-state index in [0.717, 1.165) is 54.4 Å². The minimum Gasteiger partial charge on any atom is -0.369 e. The summed E-state index contributed by atoms with van der Waals surface area (Å²) in [6.45, 7) is 10.2. The molecule has 0 spiro atoms. The number of H-pyrrole nitrogens is 1. The maximum Gasteiger partial charge on any atom is 0.256 e. The molecule has 0 unspecified atom stereocenters. The summed E-state index contributed by atoms with van der Waals surface area (Å²) in [4.78, 5) is 30.0. The number of likely N-dealkylation sites (N-methyl/N-ethyl adjacent to an activating group) is 1. The van der Waals surface area contributed by atoms with Crippen LogP contribution in [0.3, 0.4) is 0 Å². The molecule has 0 saturated carbocycles. The maximum absolute atomic E-state index is 12.8. The Morgan fingerprint density at radius 2 is 1.68 bits per heavy atom. The second-order valence-electron chi connectivity index (χ2n) is 11.8. The number of ketones is 1. The molecule has 1 saturated heterocycles. The molecule has 41 heavy (non-hydrogen) atoms. The Bertz CT molecular complexity index is 1470. The number of amides is 1. The molecule has 0 aliphatic carbocycles. The first-order valence-corrected chi connectivity index (χ1v) is 14.1. The van der Waals surface area contributed by atoms with E-state index < -0.39 is 0 Å². The van der Waals surface area contributed by atoms with E-state index >= 15 is 0 Å². The number of rotatable bonds is 9. The number of hydrogen-bond donors (Lipinski definition) is 2. The number of hydrogen-bond acceptors (Lipinski definition) is 7. The van der Waals surface area contributed by atoms with Crippen LogP contribution in [0.5, 0.6) is 0 Å². The van der Waals surface area contributed by atoms with E-state index in [1.54, 1.807) is 0 Å². The van der Waals surface area contributed by atoms with Crippen molar-refractivity contribution in [2.45, 2.75) is 45.4 Å². The SMILES string of the molecule is CN1CCN(c2ccc(C(=O)Nc3cc(-c4ccc(CCC(=O)Cc5cc(C(C)(C)C)on5)cc4)[nH]n3)cc2)CC1. The van der Waals surface area contributed by atoms with E-state index in [4.69, 9.17) is 4.52 Å². The third kappa shape index (κ3) is 7.29. The van der Waals surface area contributed by atoms with Gasteiger partial charge in [-0.25, -0.2) is 0 Å². The Labute approximate surface area is 240 Å². The lowest BCUT2D eigenvalue weighted by Gasteiger charge is -2.34. The smallest absolute Gasteiger partial charge is 0.256 e. The fraction of sp³-hybridized carbons (Fsp3) is 0.375. The van der Waals surface area contributed by atoms with Gasteiger partial charge in [0.2, 0.25) is 0 Å². The summed E-state index contributed by atoms with van der Waals surface area (Å²) in [6, 6.07) is 19.4. The number of Topliss-reactive ketones (excluding diaryl/α,β-unsaturated/α-hetero) is 1. The van der Waals surface area contributed by atoms with Crippen molar-refractivity contribution in [1.82, 2.24) is 20.3 Å². The fourth-order valence-corrected chi connectivity index (χ4v) is 4.78. The lowest BCUT2D eigenvalue weighted by molar-refractivity contribution is -0.118. The van der Waals surface area contributed by atoms with Gasteiger partial charge in [-0.3, -0.25) is 14.7 Å². The summed E-state index contributed by atoms with van der Waals surface area (Å²) in [5.41, 5.74) is 5.09. The maximum atomic E-state index is 12.8. The zero-order chi connectivity index (χ0) is 29.0. The van der Waals surface area contributed by atoms with Crippen molar-refractivity contribution in [2.24, 2.45) is 0 Å². The molecule has 1 fully saturated rings. The number of benzene rings is 2. The van der Waals surface area contributed by atoms with Gasteiger partial charge < -0.3 is 19.6 Å². The van der Waals surface area contributed by atoms with Gasteiger partial charge in [0, 0.05) is 61.4 Å². The summed E-state index contributed by atoms with van der Waals surface area (Å²) in [5, 5.41) is 14.2. The highest BCUT2D eigenvalue weighted by molar-refractivity contribution is 6.04. The highest BCUT2D eigenvalue weighted by Crippen LogP contribution is 2.24. The first kappa shape index (κ1) is 28.3. The highest BCUT2D eigenvalue weighted by atomic mass is 16.5. The predicted octanol–water partition coefficient (Wildman–Crippen LogP) is 5.11. The number of aromatic nitrogens is 3. The number of nitrogens with zero attached hydrogens (tertiary/aromatic N) is 4. The van der Waals surface area contributed by atoms with Gasteiger partial charge in [0.05, 0.1) is 17.8 Å². The number of anilines is 2. The van der Waals surface area contributed by atoms with Crippen molar-refractivity contribution in [3.05, 3.63) is 83.2 Å². The van der Waals surface area contributed by atoms with E-state index in [1.165, 1.54) is 0 Å². The van der Waals surface area contributed by atoms with E-state index in [2.05, 4.69) is 58.3 Å². The summed E-state index contributed by atoms with van der Waals surface area (Å²) < 4.78 is 5.38. The molecule has 2 N–H and O–H groups in total. The second kappa shape index (κ2) is 12.1. The van der Waals surface area contributed by atoms with Gasteiger partial charge in [-0.05, 0) is 48.9 Å². The zero-order valence-electron chi connectivity index (χ0n) is 24.2. The number of aromatic amines is 1.